The van der Waals surface area contributed by atoms with Crippen LogP contribution in [0.4, 0.5) is 5.69 Å². The average molecular weight is 488 g/mol. The van der Waals surface area contributed by atoms with Crippen LogP contribution < -0.4 is 21.3 Å². The van der Waals surface area contributed by atoms with Gasteiger partial charge < -0.3 is 26.3 Å². The summed E-state index contributed by atoms with van der Waals surface area (Å²) in [6, 6.07) is 21.0. The Morgan fingerprint density at radius 1 is 1.00 bits per heavy atom. The maximum Gasteiger partial charge on any atom is 0.247 e. The van der Waals surface area contributed by atoms with Gasteiger partial charge >= 0.3 is 0 Å². The normalized spacial score (nSPS) is 11.7. The maximum atomic E-state index is 13.3. The average Bonchev–Trinajstić information content (AvgIpc) is 3.28. The van der Waals surface area contributed by atoms with Crippen molar-refractivity contribution >= 4 is 56.5 Å². The van der Waals surface area contributed by atoms with Gasteiger partial charge in [0, 0.05) is 49.2 Å². The first-order valence-corrected chi connectivity index (χ1v) is 12.0. The Morgan fingerprint density at radius 3 is 2.60 bits per heavy atom. The largest absolute Gasteiger partial charge is 0.366 e. The predicted molar refractivity (Wildman–Crippen MR) is 145 cm³/mol. The molecule has 0 fully saturated rings. The number of carbonyl (C=O) groups excluding carboxylic acids is 2. The van der Waals surface area contributed by atoms with Crippen LogP contribution in [0.2, 0.25) is 0 Å². The Morgan fingerprint density at radius 2 is 1.77 bits per heavy atom. The van der Waals surface area contributed by atoms with E-state index < -0.39 is 6.04 Å². The molecular weight excluding hydrogens is 458 g/mol. The standard InChI is InChI=1S/C27H29N5O2S/c1-28-27(35)29-14-6-11-25(33)32-24(16-20-17-30-23-10-5-4-9-22(20)23)26(34)31-21-13-12-18-7-2-3-8-19(18)15-21/h2-5,7-10,12-13,15,17,24,30H,6,11,14,16H2,1H3,(H,31,34)(H,32,33)(H2,28,29,35). The fraction of sp³-hybridized carbons (Fsp3) is 0.222. The first-order valence-electron chi connectivity index (χ1n) is 11.6. The van der Waals surface area contributed by atoms with Crippen LogP contribution in [0.5, 0.6) is 0 Å². The lowest BCUT2D eigenvalue weighted by molar-refractivity contribution is -0.126. The van der Waals surface area contributed by atoms with E-state index in [2.05, 4.69) is 26.3 Å². The molecule has 1 aromatic heterocycles. The molecule has 5 N–H and O–H groups in total. The minimum atomic E-state index is -0.723. The molecule has 7 nitrogen and oxygen atoms in total. The molecule has 180 valence electrons. The van der Waals surface area contributed by atoms with E-state index in [0.717, 1.165) is 27.2 Å². The SMILES string of the molecule is CNC(=S)NCCCC(=O)NC(Cc1c[nH]c2ccccc12)C(=O)Nc1ccc2ccccc2c1. The highest BCUT2D eigenvalue weighted by atomic mass is 32.1. The molecule has 1 unspecified atom stereocenters. The topological polar surface area (TPSA) is 98.0 Å². The molecule has 8 heteroatoms. The summed E-state index contributed by atoms with van der Waals surface area (Å²) in [5.41, 5.74) is 2.66. The Kier molecular flexibility index (Phi) is 7.95. The molecular formula is C27H29N5O2S. The van der Waals surface area contributed by atoms with Crippen LogP contribution in [0.25, 0.3) is 21.7 Å². The zero-order valence-corrected chi connectivity index (χ0v) is 20.4. The minimum Gasteiger partial charge on any atom is -0.366 e. The van der Waals surface area contributed by atoms with Gasteiger partial charge in [-0.1, -0.05) is 48.5 Å². The summed E-state index contributed by atoms with van der Waals surface area (Å²) in [7, 11) is 1.74. The van der Waals surface area contributed by atoms with Crippen LogP contribution in [-0.2, 0) is 16.0 Å². The Labute approximate surface area is 209 Å². The molecule has 0 aliphatic rings. The van der Waals surface area contributed by atoms with Gasteiger partial charge in [0.15, 0.2) is 5.11 Å². The van der Waals surface area contributed by atoms with E-state index in [1.54, 1.807) is 7.05 Å². The van der Waals surface area contributed by atoms with Crippen molar-refractivity contribution in [2.45, 2.75) is 25.3 Å². The van der Waals surface area contributed by atoms with E-state index in [1.165, 1.54) is 0 Å². The number of aromatic amines is 1. The molecule has 3 aromatic carbocycles. The molecule has 0 aliphatic carbocycles. The zero-order valence-electron chi connectivity index (χ0n) is 19.6. The Hall–Kier alpha value is -3.91. The van der Waals surface area contributed by atoms with Gasteiger partial charge in [0.25, 0.3) is 0 Å². The van der Waals surface area contributed by atoms with Crippen molar-refractivity contribution in [3.8, 4) is 0 Å². The van der Waals surface area contributed by atoms with Gasteiger partial charge in [0.1, 0.15) is 6.04 Å². The van der Waals surface area contributed by atoms with E-state index in [9.17, 15) is 9.59 Å². The molecule has 0 aliphatic heterocycles. The van der Waals surface area contributed by atoms with Crippen molar-refractivity contribution in [3.05, 3.63) is 78.5 Å². The Bertz CT molecular complexity index is 1350. The van der Waals surface area contributed by atoms with Crippen LogP contribution in [-0.4, -0.2) is 41.5 Å². The molecule has 0 spiro atoms. The first kappa shape index (κ1) is 24.2. The Balaban J connectivity index is 1.47. The number of thiocarbonyl (C=S) groups is 1. The summed E-state index contributed by atoms with van der Waals surface area (Å²) < 4.78 is 0. The van der Waals surface area contributed by atoms with E-state index in [0.29, 0.717) is 30.2 Å². The number of aromatic nitrogens is 1. The van der Waals surface area contributed by atoms with Gasteiger partial charge in [-0.25, -0.2) is 0 Å². The predicted octanol–water partition coefficient (Wildman–Crippen LogP) is 3.86. The third-order valence-corrected chi connectivity index (χ3v) is 6.21. The van der Waals surface area contributed by atoms with Crippen LogP contribution >= 0.6 is 12.2 Å². The molecule has 0 radical (unpaired) electrons. The molecule has 1 atom stereocenters. The van der Waals surface area contributed by atoms with Crippen molar-refractivity contribution in [2.24, 2.45) is 0 Å². The van der Waals surface area contributed by atoms with Crippen LogP contribution in [0.1, 0.15) is 18.4 Å². The number of amides is 2. The van der Waals surface area contributed by atoms with E-state index in [1.807, 2.05) is 72.9 Å². The van der Waals surface area contributed by atoms with Crippen LogP contribution in [0, 0.1) is 0 Å². The number of rotatable bonds is 9. The van der Waals surface area contributed by atoms with Gasteiger partial charge in [-0.05, 0) is 53.2 Å². The van der Waals surface area contributed by atoms with Gasteiger partial charge in [-0.15, -0.1) is 0 Å². The number of hydrogen-bond donors (Lipinski definition) is 5. The van der Waals surface area contributed by atoms with E-state index in [4.69, 9.17) is 12.2 Å². The summed E-state index contributed by atoms with van der Waals surface area (Å²) in [5.74, 6) is -0.436. The second-order valence-electron chi connectivity index (χ2n) is 8.34. The number of nitrogens with one attached hydrogen (secondary N) is 5. The minimum absolute atomic E-state index is 0.180. The number of hydrogen-bond acceptors (Lipinski definition) is 3. The summed E-state index contributed by atoms with van der Waals surface area (Å²) in [6.45, 7) is 0.573. The quantitative estimate of drug-likeness (QED) is 0.182. The lowest BCUT2D eigenvalue weighted by atomic mass is 10.0. The van der Waals surface area contributed by atoms with Gasteiger partial charge in [0.2, 0.25) is 11.8 Å². The molecule has 0 bridgehead atoms. The maximum absolute atomic E-state index is 13.3. The highest BCUT2D eigenvalue weighted by molar-refractivity contribution is 7.80. The van der Waals surface area contributed by atoms with Crippen molar-refractivity contribution in [2.75, 3.05) is 18.9 Å². The van der Waals surface area contributed by atoms with Crippen molar-refractivity contribution in [3.63, 3.8) is 0 Å². The number of anilines is 1. The highest BCUT2D eigenvalue weighted by Crippen LogP contribution is 2.21. The molecule has 0 saturated heterocycles. The second-order valence-corrected chi connectivity index (χ2v) is 8.75. The highest BCUT2D eigenvalue weighted by Gasteiger charge is 2.23. The molecule has 4 rings (SSSR count). The molecule has 1 heterocycles. The lowest BCUT2D eigenvalue weighted by Gasteiger charge is -2.19. The zero-order chi connectivity index (χ0) is 24.6. The first-order chi connectivity index (χ1) is 17.0. The van der Waals surface area contributed by atoms with Crippen LogP contribution in [0.15, 0.2) is 72.9 Å². The lowest BCUT2D eigenvalue weighted by Crippen LogP contribution is -2.45. The summed E-state index contributed by atoms with van der Waals surface area (Å²) >= 11 is 5.05. The number of benzene rings is 3. The van der Waals surface area contributed by atoms with E-state index >= 15 is 0 Å². The van der Waals surface area contributed by atoms with Gasteiger partial charge in [-0.2, -0.15) is 0 Å². The third-order valence-electron chi connectivity index (χ3n) is 5.86. The smallest absolute Gasteiger partial charge is 0.247 e. The fourth-order valence-corrected chi connectivity index (χ4v) is 4.13. The second kappa shape index (κ2) is 11.5. The number of carbonyl (C=O) groups is 2. The molecule has 35 heavy (non-hydrogen) atoms. The van der Waals surface area contributed by atoms with Crippen molar-refractivity contribution in [1.29, 1.82) is 0 Å². The molecule has 0 saturated carbocycles. The number of fused-ring (bicyclic) bond motifs is 2. The van der Waals surface area contributed by atoms with E-state index in [-0.39, 0.29) is 18.2 Å². The van der Waals surface area contributed by atoms with Gasteiger partial charge in [-0.3, -0.25) is 9.59 Å². The molecule has 4 aromatic rings. The van der Waals surface area contributed by atoms with Crippen molar-refractivity contribution < 1.29 is 9.59 Å². The fourth-order valence-electron chi connectivity index (χ4n) is 4.03. The number of para-hydroxylation sites is 1. The summed E-state index contributed by atoms with van der Waals surface area (Å²) in [4.78, 5) is 29.3. The monoisotopic (exact) mass is 487 g/mol. The van der Waals surface area contributed by atoms with Crippen LogP contribution in [0.3, 0.4) is 0 Å². The van der Waals surface area contributed by atoms with Gasteiger partial charge in [0.05, 0.1) is 0 Å². The summed E-state index contributed by atoms with van der Waals surface area (Å²) in [6.07, 6.45) is 3.15. The third kappa shape index (κ3) is 6.36. The van der Waals surface area contributed by atoms with Crippen molar-refractivity contribution in [1.82, 2.24) is 20.9 Å². The summed E-state index contributed by atoms with van der Waals surface area (Å²) in [5, 5.41) is 15.5. The number of H-pyrrole nitrogens is 1. The molecule has 2 amide bonds.